The van der Waals surface area contributed by atoms with Crippen molar-refractivity contribution in [2.24, 2.45) is 0 Å². The molecule has 0 saturated carbocycles. The molecule has 0 fully saturated rings. The molecule has 1 amide bonds. The summed E-state index contributed by atoms with van der Waals surface area (Å²) >= 11 is 0. The third-order valence-electron chi connectivity index (χ3n) is 10.8. The molecule has 340 valence electrons. The highest BCUT2D eigenvalue weighted by atomic mass is 16.5. The zero-order valence-corrected chi connectivity index (χ0v) is 38.6. The summed E-state index contributed by atoms with van der Waals surface area (Å²) in [7, 11) is 0. The Labute approximate surface area is 364 Å². The molecule has 0 aromatic heterocycles. The number of aliphatic hydroxyl groups is 2. The standard InChI is InChI=1S/C53H93NO5/c1-4-7-10-13-16-19-22-25-28-29-32-35-38-41-44-49(59-53(58)46-43-40-37-34-31-27-24-21-18-15-12-9-6-3)47-52(57)54-50(48-55)51(56)45-42-39-36-33-30-26-23-20-17-14-11-8-5-2/h7,10,16,19,25,27-28,31-32,35,37,40,49-51,55-56H,4-6,8-9,11-15,17-18,20-24,26,29-30,33-34,36,38-39,41-48H2,1-3H3,(H,54,57)/b10-7+,19-16+,28-25+,31-27-,35-32+,40-37+. The quantitative estimate of drug-likeness (QED) is 0.0323. The van der Waals surface area contributed by atoms with Gasteiger partial charge in [0.25, 0.3) is 0 Å². The summed E-state index contributed by atoms with van der Waals surface area (Å²) in [6.07, 6.45) is 58.3. The molecular formula is C53H93NO5. The summed E-state index contributed by atoms with van der Waals surface area (Å²) < 4.78 is 5.85. The van der Waals surface area contributed by atoms with E-state index in [1.165, 1.54) is 103 Å². The van der Waals surface area contributed by atoms with Crippen LogP contribution in [-0.2, 0) is 14.3 Å². The maximum atomic E-state index is 13.2. The Bertz CT molecular complexity index is 1110. The van der Waals surface area contributed by atoms with Gasteiger partial charge in [-0.1, -0.05) is 209 Å². The topological polar surface area (TPSA) is 95.9 Å². The second-order valence-corrected chi connectivity index (χ2v) is 16.5. The van der Waals surface area contributed by atoms with Crippen LogP contribution in [0.15, 0.2) is 72.9 Å². The van der Waals surface area contributed by atoms with Gasteiger partial charge in [0.15, 0.2) is 0 Å². The number of nitrogens with one attached hydrogen (secondary N) is 1. The lowest BCUT2D eigenvalue weighted by Gasteiger charge is -2.24. The monoisotopic (exact) mass is 824 g/mol. The van der Waals surface area contributed by atoms with Crippen LogP contribution in [0.5, 0.6) is 0 Å². The average molecular weight is 824 g/mol. The van der Waals surface area contributed by atoms with Crippen LogP contribution < -0.4 is 5.32 Å². The van der Waals surface area contributed by atoms with Crippen LogP contribution in [0.4, 0.5) is 0 Å². The van der Waals surface area contributed by atoms with Crippen molar-refractivity contribution >= 4 is 11.9 Å². The second-order valence-electron chi connectivity index (χ2n) is 16.5. The van der Waals surface area contributed by atoms with Crippen molar-refractivity contribution in [1.29, 1.82) is 0 Å². The first kappa shape index (κ1) is 56.3. The van der Waals surface area contributed by atoms with Gasteiger partial charge in [-0.25, -0.2) is 0 Å². The molecule has 0 saturated heterocycles. The van der Waals surface area contributed by atoms with Gasteiger partial charge in [-0.3, -0.25) is 9.59 Å². The number of rotatable bonds is 43. The van der Waals surface area contributed by atoms with Crippen LogP contribution in [0.2, 0.25) is 0 Å². The van der Waals surface area contributed by atoms with Gasteiger partial charge in [0.2, 0.25) is 5.91 Å². The summed E-state index contributed by atoms with van der Waals surface area (Å²) in [5.41, 5.74) is 0. The summed E-state index contributed by atoms with van der Waals surface area (Å²) in [5, 5.41) is 23.7. The van der Waals surface area contributed by atoms with Crippen LogP contribution in [0.3, 0.4) is 0 Å². The summed E-state index contributed by atoms with van der Waals surface area (Å²) in [6.45, 7) is 6.32. The smallest absolute Gasteiger partial charge is 0.306 e. The predicted molar refractivity (Wildman–Crippen MR) is 255 cm³/mol. The highest BCUT2D eigenvalue weighted by Gasteiger charge is 2.23. The maximum absolute atomic E-state index is 13.2. The van der Waals surface area contributed by atoms with Crippen LogP contribution in [0.25, 0.3) is 0 Å². The molecule has 3 N–H and O–H groups in total. The molecule has 0 aliphatic rings. The third kappa shape index (κ3) is 41.8. The van der Waals surface area contributed by atoms with Gasteiger partial charge in [0, 0.05) is 6.42 Å². The molecular weight excluding hydrogens is 731 g/mol. The Morgan fingerprint density at radius 2 is 0.932 bits per heavy atom. The largest absolute Gasteiger partial charge is 0.462 e. The van der Waals surface area contributed by atoms with Crippen LogP contribution in [0, 0.1) is 0 Å². The highest BCUT2D eigenvalue weighted by Crippen LogP contribution is 2.16. The lowest BCUT2D eigenvalue weighted by atomic mass is 10.0. The molecule has 0 aromatic rings. The van der Waals surface area contributed by atoms with E-state index in [-0.39, 0.29) is 31.3 Å². The fourth-order valence-electron chi connectivity index (χ4n) is 7.07. The van der Waals surface area contributed by atoms with Gasteiger partial charge < -0.3 is 20.3 Å². The molecule has 59 heavy (non-hydrogen) atoms. The van der Waals surface area contributed by atoms with Gasteiger partial charge in [0.05, 0.1) is 25.2 Å². The first-order valence-electron chi connectivity index (χ1n) is 24.7. The Morgan fingerprint density at radius 1 is 0.508 bits per heavy atom. The van der Waals surface area contributed by atoms with E-state index in [0.717, 1.165) is 70.6 Å². The molecule has 6 heteroatoms. The summed E-state index contributed by atoms with van der Waals surface area (Å²) in [6, 6.07) is -0.731. The number of hydrogen-bond acceptors (Lipinski definition) is 5. The molecule has 0 rings (SSSR count). The molecule has 3 atom stereocenters. The molecule has 3 unspecified atom stereocenters. The molecule has 0 spiro atoms. The van der Waals surface area contributed by atoms with Crippen molar-refractivity contribution in [1.82, 2.24) is 5.32 Å². The van der Waals surface area contributed by atoms with Crippen molar-refractivity contribution < 1.29 is 24.5 Å². The third-order valence-corrected chi connectivity index (χ3v) is 10.8. The first-order chi connectivity index (χ1) is 29.0. The van der Waals surface area contributed by atoms with E-state index in [9.17, 15) is 19.8 Å². The number of unbranched alkanes of at least 4 members (excludes halogenated alkanes) is 19. The number of hydrogen-bond donors (Lipinski definition) is 3. The zero-order valence-electron chi connectivity index (χ0n) is 38.6. The molecule has 0 heterocycles. The molecule has 0 bridgehead atoms. The average Bonchev–Trinajstić information content (AvgIpc) is 3.23. The van der Waals surface area contributed by atoms with Crippen LogP contribution >= 0.6 is 0 Å². The van der Waals surface area contributed by atoms with E-state index >= 15 is 0 Å². The lowest BCUT2D eigenvalue weighted by molar-refractivity contribution is -0.150. The van der Waals surface area contributed by atoms with E-state index in [1.54, 1.807) is 0 Å². The molecule has 0 radical (unpaired) electrons. The minimum Gasteiger partial charge on any atom is -0.462 e. The number of allylic oxidation sites excluding steroid dienone is 12. The van der Waals surface area contributed by atoms with E-state index in [0.29, 0.717) is 19.3 Å². The summed E-state index contributed by atoms with van der Waals surface area (Å²) in [5.74, 6) is -0.613. The number of carbonyl (C=O) groups excluding carboxylic acids is 2. The fraction of sp³-hybridized carbons (Fsp3) is 0.736. The SMILES string of the molecule is CC/C=C/C/C=C/C/C=C/C/C=C/CCCC(CC(=O)NC(CO)C(O)CCCCCCCCCCCCCCC)OC(=O)CC/C=C/C/C=C\CCCCCCCC. The molecule has 0 aliphatic heterocycles. The number of carbonyl (C=O) groups is 2. The van der Waals surface area contributed by atoms with E-state index in [1.807, 2.05) is 6.08 Å². The Balaban J connectivity index is 4.75. The molecule has 6 nitrogen and oxygen atoms in total. The zero-order chi connectivity index (χ0) is 43.1. The normalized spacial score (nSPS) is 13.9. The number of amides is 1. The highest BCUT2D eigenvalue weighted by molar-refractivity contribution is 5.77. The minimum absolute atomic E-state index is 0.0150. The number of aliphatic hydroxyl groups excluding tert-OH is 2. The second kappa shape index (κ2) is 46.4. The predicted octanol–water partition coefficient (Wildman–Crippen LogP) is 14.6. The Hall–Kier alpha value is -2.70. The van der Waals surface area contributed by atoms with Gasteiger partial charge in [-0.2, -0.15) is 0 Å². The minimum atomic E-state index is -0.812. The maximum Gasteiger partial charge on any atom is 0.306 e. The first-order valence-corrected chi connectivity index (χ1v) is 24.7. The van der Waals surface area contributed by atoms with Crippen molar-refractivity contribution in [3.8, 4) is 0 Å². The van der Waals surface area contributed by atoms with Gasteiger partial charge in [0.1, 0.15) is 6.10 Å². The summed E-state index contributed by atoms with van der Waals surface area (Å²) in [4.78, 5) is 26.0. The van der Waals surface area contributed by atoms with Crippen LogP contribution in [0.1, 0.15) is 226 Å². The van der Waals surface area contributed by atoms with Gasteiger partial charge in [-0.05, 0) is 77.0 Å². The Morgan fingerprint density at radius 3 is 1.42 bits per heavy atom. The van der Waals surface area contributed by atoms with Gasteiger partial charge in [-0.15, -0.1) is 0 Å². The van der Waals surface area contributed by atoms with Crippen molar-refractivity contribution in [3.05, 3.63) is 72.9 Å². The lowest BCUT2D eigenvalue weighted by Crippen LogP contribution is -2.46. The molecule has 0 aromatic carbocycles. The van der Waals surface area contributed by atoms with E-state index in [2.05, 4.69) is 92.9 Å². The van der Waals surface area contributed by atoms with E-state index in [4.69, 9.17) is 4.74 Å². The van der Waals surface area contributed by atoms with Crippen molar-refractivity contribution in [2.45, 2.75) is 244 Å². The number of ether oxygens (including phenoxy) is 1. The van der Waals surface area contributed by atoms with Crippen LogP contribution in [-0.4, -0.2) is 46.9 Å². The van der Waals surface area contributed by atoms with E-state index < -0.39 is 18.2 Å². The van der Waals surface area contributed by atoms with Gasteiger partial charge >= 0.3 is 5.97 Å². The molecule has 0 aliphatic carbocycles. The number of esters is 1. The van der Waals surface area contributed by atoms with Crippen molar-refractivity contribution in [3.63, 3.8) is 0 Å². The van der Waals surface area contributed by atoms with Crippen molar-refractivity contribution in [2.75, 3.05) is 6.61 Å². The fourth-order valence-corrected chi connectivity index (χ4v) is 7.07. The Kier molecular flexibility index (Phi) is 44.2.